The van der Waals surface area contributed by atoms with E-state index in [1.165, 1.54) is 37.4 Å². The lowest BCUT2D eigenvalue weighted by molar-refractivity contribution is -0.159. The zero-order chi connectivity index (χ0) is 20.9. The van der Waals surface area contributed by atoms with Crippen LogP contribution in [-0.4, -0.2) is 45.5 Å². The Morgan fingerprint density at radius 1 is 1.29 bits per heavy atom. The van der Waals surface area contributed by atoms with E-state index in [1.807, 2.05) is 0 Å². The van der Waals surface area contributed by atoms with E-state index < -0.39 is 36.1 Å². The Bertz CT molecular complexity index is 864. The van der Waals surface area contributed by atoms with Crippen LogP contribution in [0.25, 0.3) is 11.4 Å². The first-order valence-corrected chi connectivity index (χ1v) is 7.82. The minimum Gasteiger partial charge on any atom is -0.478 e. The summed E-state index contributed by atoms with van der Waals surface area (Å²) in [5, 5.41) is 17.9. The van der Waals surface area contributed by atoms with Gasteiger partial charge >= 0.3 is 18.0 Å². The number of hydrogen-bond donors (Lipinski definition) is 2. The molecular formula is C16H15F3N4O5. The average Bonchev–Trinajstić information content (AvgIpc) is 3.12. The Morgan fingerprint density at radius 3 is 2.46 bits per heavy atom. The minimum absolute atomic E-state index is 0.225. The maximum absolute atomic E-state index is 12.5. The van der Waals surface area contributed by atoms with Crippen molar-refractivity contribution in [1.29, 1.82) is 0 Å². The van der Waals surface area contributed by atoms with Crippen molar-refractivity contribution in [3.63, 3.8) is 0 Å². The molecule has 0 saturated heterocycles. The van der Waals surface area contributed by atoms with E-state index in [1.54, 1.807) is 6.92 Å². The van der Waals surface area contributed by atoms with E-state index >= 15 is 0 Å². The molecule has 2 N–H and O–H groups in total. The topological polar surface area (TPSA) is 127 Å². The molecule has 1 aromatic carbocycles. The molecule has 28 heavy (non-hydrogen) atoms. The van der Waals surface area contributed by atoms with Gasteiger partial charge in [0.1, 0.15) is 0 Å². The molecule has 0 fully saturated rings. The lowest BCUT2D eigenvalue weighted by Gasteiger charge is -2.10. The molecule has 0 aliphatic heterocycles. The largest absolute Gasteiger partial charge is 0.478 e. The number of hydrogen-bond acceptors (Lipinski definition) is 7. The molecular weight excluding hydrogens is 385 g/mol. The molecule has 150 valence electrons. The normalized spacial score (nSPS) is 13.9. The molecule has 12 heteroatoms. The van der Waals surface area contributed by atoms with Gasteiger partial charge in [0.05, 0.1) is 12.3 Å². The Morgan fingerprint density at radius 2 is 1.93 bits per heavy atom. The first-order valence-electron chi connectivity index (χ1n) is 7.82. The second kappa shape index (κ2) is 8.50. The monoisotopic (exact) mass is 400 g/mol. The Kier molecular flexibility index (Phi) is 6.33. The third-order valence-corrected chi connectivity index (χ3v) is 3.28. The number of aromatic nitrogens is 2. The van der Waals surface area contributed by atoms with Crippen molar-refractivity contribution in [2.24, 2.45) is 5.16 Å². The van der Waals surface area contributed by atoms with E-state index in [4.69, 9.17) is 5.11 Å². The molecule has 2 rings (SSSR count). The van der Waals surface area contributed by atoms with E-state index in [-0.39, 0.29) is 17.0 Å². The standard InChI is InChI=1S/C16H15F3N4O5/c1-8(7-20-27-9(2)14(25)26)21-13(24)11-5-3-10(4-6-11)12-22-15(28-23-12)16(17,18)19/h3-9H,1-2H3,(H,21,24)(H,25,26)/t8?,9-/m0/s1. The van der Waals surface area contributed by atoms with Crippen LogP contribution in [0.2, 0.25) is 0 Å². The zero-order valence-corrected chi connectivity index (χ0v) is 14.6. The first kappa shape index (κ1) is 20.9. The summed E-state index contributed by atoms with van der Waals surface area (Å²) in [6.45, 7) is 2.88. The van der Waals surface area contributed by atoms with Crippen LogP contribution in [-0.2, 0) is 15.8 Å². The highest BCUT2D eigenvalue weighted by molar-refractivity contribution is 5.96. The van der Waals surface area contributed by atoms with Gasteiger partial charge in [0.15, 0.2) is 0 Å². The molecule has 1 heterocycles. The third kappa shape index (κ3) is 5.53. The molecule has 2 atom stereocenters. The van der Waals surface area contributed by atoms with Gasteiger partial charge in [-0.15, -0.1) is 0 Å². The Balaban J connectivity index is 1.97. The molecule has 1 unspecified atom stereocenters. The van der Waals surface area contributed by atoms with Crippen molar-refractivity contribution in [2.45, 2.75) is 32.2 Å². The number of benzene rings is 1. The molecule has 1 amide bonds. The van der Waals surface area contributed by atoms with Crippen LogP contribution in [0.15, 0.2) is 33.9 Å². The van der Waals surface area contributed by atoms with Gasteiger partial charge in [0.25, 0.3) is 5.91 Å². The second-order valence-corrected chi connectivity index (χ2v) is 5.60. The number of carboxylic acids is 1. The van der Waals surface area contributed by atoms with Gasteiger partial charge in [-0.2, -0.15) is 18.2 Å². The molecule has 0 aliphatic rings. The van der Waals surface area contributed by atoms with E-state index in [0.29, 0.717) is 0 Å². The summed E-state index contributed by atoms with van der Waals surface area (Å²) < 4.78 is 41.6. The molecule has 0 spiro atoms. The number of halogens is 3. The summed E-state index contributed by atoms with van der Waals surface area (Å²) in [6, 6.07) is 4.93. The van der Waals surface area contributed by atoms with Crippen LogP contribution in [0.1, 0.15) is 30.1 Å². The molecule has 9 nitrogen and oxygen atoms in total. The number of nitrogens with zero attached hydrogens (tertiary/aromatic N) is 3. The van der Waals surface area contributed by atoms with Crippen LogP contribution >= 0.6 is 0 Å². The zero-order valence-electron chi connectivity index (χ0n) is 14.6. The molecule has 1 aromatic heterocycles. The molecule has 0 radical (unpaired) electrons. The summed E-state index contributed by atoms with van der Waals surface area (Å²) in [6.07, 6.45) is -4.66. The number of carbonyl (C=O) groups is 2. The minimum atomic E-state index is -4.74. The highest BCUT2D eigenvalue weighted by atomic mass is 19.4. The fraction of sp³-hybridized carbons (Fsp3) is 0.312. The van der Waals surface area contributed by atoms with E-state index in [9.17, 15) is 22.8 Å². The summed E-state index contributed by atoms with van der Waals surface area (Å²) in [5.41, 5.74) is 0.463. The number of oxime groups is 1. The van der Waals surface area contributed by atoms with Gasteiger partial charge in [-0.1, -0.05) is 22.4 Å². The summed E-state index contributed by atoms with van der Waals surface area (Å²) >= 11 is 0. The van der Waals surface area contributed by atoms with Gasteiger partial charge in [-0.3, -0.25) is 4.79 Å². The summed E-state index contributed by atoms with van der Waals surface area (Å²) in [7, 11) is 0. The summed E-state index contributed by atoms with van der Waals surface area (Å²) in [5.74, 6) is -3.39. The molecule has 0 aliphatic carbocycles. The fourth-order valence-corrected chi connectivity index (χ4v) is 1.82. The highest BCUT2D eigenvalue weighted by Gasteiger charge is 2.38. The third-order valence-electron chi connectivity index (χ3n) is 3.28. The lowest BCUT2D eigenvalue weighted by atomic mass is 10.1. The SMILES string of the molecule is CC(C=NO[C@@H](C)C(=O)O)NC(=O)c1ccc(-c2noc(C(F)(F)F)n2)cc1. The van der Waals surface area contributed by atoms with Crippen LogP contribution in [0.3, 0.4) is 0 Å². The Labute approximate surface area is 156 Å². The predicted molar refractivity (Wildman–Crippen MR) is 88.3 cm³/mol. The molecule has 0 bridgehead atoms. The Hall–Kier alpha value is -3.44. The average molecular weight is 400 g/mol. The smallest absolute Gasteiger partial charge is 0.471 e. The number of nitrogens with one attached hydrogen (secondary N) is 1. The van der Waals surface area contributed by atoms with Crippen molar-refractivity contribution in [2.75, 3.05) is 0 Å². The first-order chi connectivity index (χ1) is 13.1. The lowest BCUT2D eigenvalue weighted by Crippen LogP contribution is -2.33. The number of rotatable bonds is 7. The van der Waals surface area contributed by atoms with Crippen molar-refractivity contribution in [1.82, 2.24) is 15.5 Å². The number of alkyl halides is 3. The van der Waals surface area contributed by atoms with Gasteiger partial charge in [0, 0.05) is 11.1 Å². The number of carbonyl (C=O) groups excluding carboxylic acids is 1. The maximum atomic E-state index is 12.5. The van der Waals surface area contributed by atoms with E-state index in [0.717, 1.165) is 0 Å². The summed E-state index contributed by atoms with van der Waals surface area (Å²) in [4.78, 5) is 30.6. The quantitative estimate of drug-likeness (QED) is 0.539. The van der Waals surface area contributed by atoms with Gasteiger partial charge < -0.3 is 19.8 Å². The van der Waals surface area contributed by atoms with Crippen LogP contribution in [0.5, 0.6) is 0 Å². The number of amides is 1. The maximum Gasteiger partial charge on any atom is 0.471 e. The van der Waals surface area contributed by atoms with Crippen LogP contribution < -0.4 is 5.32 Å². The van der Waals surface area contributed by atoms with Gasteiger partial charge in [-0.25, -0.2) is 4.79 Å². The van der Waals surface area contributed by atoms with Crippen molar-refractivity contribution in [3.05, 3.63) is 35.7 Å². The molecule has 2 aromatic rings. The molecule has 0 saturated carbocycles. The predicted octanol–water partition coefficient (Wildman–Crippen LogP) is 2.35. The number of carboxylic acid groups (broad SMARTS) is 1. The van der Waals surface area contributed by atoms with Gasteiger partial charge in [0.2, 0.25) is 11.9 Å². The number of aliphatic carboxylic acids is 1. The van der Waals surface area contributed by atoms with Crippen molar-refractivity contribution in [3.8, 4) is 11.4 Å². The van der Waals surface area contributed by atoms with Crippen molar-refractivity contribution >= 4 is 18.1 Å². The van der Waals surface area contributed by atoms with Crippen LogP contribution in [0, 0.1) is 0 Å². The van der Waals surface area contributed by atoms with Crippen LogP contribution in [0.4, 0.5) is 13.2 Å². The van der Waals surface area contributed by atoms with E-state index in [2.05, 4.69) is 30.0 Å². The fourth-order valence-electron chi connectivity index (χ4n) is 1.82. The second-order valence-electron chi connectivity index (χ2n) is 5.60. The van der Waals surface area contributed by atoms with Gasteiger partial charge in [-0.05, 0) is 26.0 Å². The highest BCUT2D eigenvalue weighted by Crippen LogP contribution is 2.29. The van der Waals surface area contributed by atoms with Crippen molar-refractivity contribution < 1.29 is 37.2 Å².